The Morgan fingerprint density at radius 2 is 1.81 bits per heavy atom. The lowest BCUT2D eigenvalue weighted by molar-refractivity contribution is -0.134. The second kappa shape index (κ2) is 8.46. The van der Waals surface area contributed by atoms with Crippen molar-refractivity contribution in [2.75, 3.05) is 5.75 Å². The zero-order valence-corrected chi connectivity index (χ0v) is 12.9. The summed E-state index contributed by atoms with van der Waals surface area (Å²) in [6.07, 6.45) is 0.748. The highest BCUT2D eigenvalue weighted by Gasteiger charge is 2.15. The van der Waals surface area contributed by atoms with E-state index in [1.807, 2.05) is 18.2 Å². The normalized spacial score (nSPS) is 13.7. The Morgan fingerprint density at radius 1 is 1.24 bits per heavy atom. The van der Waals surface area contributed by atoms with E-state index in [9.17, 15) is 14.4 Å². The van der Waals surface area contributed by atoms with E-state index in [1.165, 1.54) is 17.3 Å². The number of benzene rings is 1. The van der Waals surface area contributed by atoms with Crippen LogP contribution in [0.25, 0.3) is 0 Å². The molecule has 1 aromatic rings. The quantitative estimate of drug-likeness (QED) is 0.659. The van der Waals surface area contributed by atoms with Crippen LogP contribution >= 0.6 is 11.8 Å². The highest BCUT2D eigenvalue weighted by atomic mass is 32.2. The summed E-state index contributed by atoms with van der Waals surface area (Å²) in [5.74, 6) is -0.500. The van der Waals surface area contributed by atoms with Gasteiger partial charge in [-0.2, -0.15) is 0 Å². The summed E-state index contributed by atoms with van der Waals surface area (Å²) >= 11 is 1.38. The Balaban J connectivity index is 0.000000262. The summed E-state index contributed by atoms with van der Waals surface area (Å²) in [6, 6.07) is 7.95. The van der Waals surface area contributed by atoms with Gasteiger partial charge in [-0.25, -0.2) is 0 Å². The fourth-order valence-corrected chi connectivity index (χ4v) is 2.66. The van der Waals surface area contributed by atoms with Gasteiger partial charge in [0.1, 0.15) is 0 Å². The van der Waals surface area contributed by atoms with Crippen LogP contribution in [0.4, 0.5) is 0 Å². The number of amides is 2. The maximum absolute atomic E-state index is 10.4. The molecule has 2 amide bonds. The van der Waals surface area contributed by atoms with E-state index in [-0.39, 0.29) is 17.6 Å². The first-order chi connectivity index (χ1) is 9.90. The van der Waals surface area contributed by atoms with Gasteiger partial charge in [-0.05, 0) is 17.5 Å². The average Bonchev–Trinajstić information content (AvgIpc) is 2.81. The van der Waals surface area contributed by atoms with Crippen LogP contribution in [0, 0.1) is 0 Å². The summed E-state index contributed by atoms with van der Waals surface area (Å²) in [6.45, 7) is 4.22. The van der Waals surface area contributed by atoms with Gasteiger partial charge >= 0.3 is 5.97 Å². The summed E-state index contributed by atoms with van der Waals surface area (Å²) in [5.41, 5.74) is 1.22. The van der Waals surface area contributed by atoms with E-state index in [4.69, 9.17) is 5.11 Å². The minimum Gasteiger partial charge on any atom is -0.481 e. The number of carboxylic acid groups (broad SMARTS) is 1. The number of hydrogen-bond acceptors (Lipinski definition) is 4. The third-order valence-electron chi connectivity index (χ3n) is 2.75. The van der Waals surface area contributed by atoms with Crippen molar-refractivity contribution in [2.45, 2.75) is 37.5 Å². The van der Waals surface area contributed by atoms with E-state index in [0.717, 1.165) is 4.90 Å². The molecule has 1 aliphatic rings. The van der Waals surface area contributed by atoms with Crippen LogP contribution in [0.1, 0.15) is 38.2 Å². The molecule has 0 radical (unpaired) electrons. The number of hydrogen-bond donors (Lipinski definition) is 2. The summed E-state index contributed by atoms with van der Waals surface area (Å²) < 4.78 is 0. The van der Waals surface area contributed by atoms with E-state index in [0.29, 0.717) is 18.8 Å². The predicted molar refractivity (Wildman–Crippen MR) is 81.3 cm³/mol. The Labute approximate surface area is 128 Å². The molecule has 1 aromatic carbocycles. The Morgan fingerprint density at radius 3 is 2.24 bits per heavy atom. The van der Waals surface area contributed by atoms with Crippen molar-refractivity contribution in [3.8, 4) is 0 Å². The molecule has 0 unspecified atom stereocenters. The molecule has 1 fully saturated rings. The molecule has 1 saturated heterocycles. The lowest BCUT2D eigenvalue weighted by atomic mass is 10.0. The first-order valence-electron chi connectivity index (χ1n) is 6.66. The van der Waals surface area contributed by atoms with E-state index < -0.39 is 5.97 Å². The standard InChI is InChI=1S/C11H14O2S.C4H5NO2/c1-8(2)9-5-3-4-6-10(9)14-7-11(12)13;6-3-1-2-4(7)5-3/h3-6,8H,7H2,1-2H3,(H,12,13);1-2H2,(H,5,6,7). The molecule has 0 atom stereocenters. The topological polar surface area (TPSA) is 83.5 Å². The lowest BCUT2D eigenvalue weighted by Crippen LogP contribution is -2.18. The Kier molecular flexibility index (Phi) is 6.94. The van der Waals surface area contributed by atoms with E-state index >= 15 is 0 Å². The van der Waals surface area contributed by atoms with Gasteiger partial charge in [0.15, 0.2) is 0 Å². The molecule has 0 bridgehead atoms. The Bertz CT molecular complexity index is 514. The Hall–Kier alpha value is -1.82. The molecule has 0 aliphatic carbocycles. The van der Waals surface area contributed by atoms with Crippen LogP contribution < -0.4 is 5.32 Å². The van der Waals surface area contributed by atoms with Gasteiger partial charge in [-0.15, -0.1) is 11.8 Å². The highest BCUT2D eigenvalue weighted by Crippen LogP contribution is 2.27. The number of carboxylic acids is 1. The SMILES string of the molecule is CC(C)c1ccccc1SCC(=O)O.O=C1CCC(=O)N1. The van der Waals surface area contributed by atoms with Crippen LogP contribution in [0.15, 0.2) is 29.2 Å². The fourth-order valence-electron chi connectivity index (χ4n) is 1.74. The molecular formula is C15H19NO4S. The van der Waals surface area contributed by atoms with Gasteiger partial charge in [0, 0.05) is 17.7 Å². The van der Waals surface area contributed by atoms with E-state index in [2.05, 4.69) is 25.2 Å². The summed E-state index contributed by atoms with van der Waals surface area (Å²) in [5, 5.41) is 10.7. The van der Waals surface area contributed by atoms with Crippen LogP contribution in [0.3, 0.4) is 0 Å². The molecule has 0 aromatic heterocycles. The summed E-state index contributed by atoms with van der Waals surface area (Å²) in [7, 11) is 0. The third-order valence-corrected chi connectivity index (χ3v) is 3.82. The predicted octanol–water partition coefficient (Wildman–Crippen LogP) is 2.41. The number of carbonyl (C=O) groups excluding carboxylic acids is 2. The van der Waals surface area contributed by atoms with Gasteiger partial charge in [0.2, 0.25) is 11.8 Å². The summed E-state index contributed by atoms with van der Waals surface area (Å²) in [4.78, 5) is 31.7. The maximum Gasteiger partial charge on any atom is 0.313 e. The minimum absolute atomic E-state index is 0.129. The zero-order valence-electron chi connectivity index (χ0n) is 12.1. The van der Waals surface area contributed by atoms with Gasteiger partial charge < -0.3 is 5.11 Å². The molecule has 2 rings (SSSR count). The van der Waals surface area contributed by atoms with Crippen molar-refractivity contribution < 1.29 is 19.5 Å². The molecule has 1 aliphatic heterocycles. The van der Waals surface area contributed by atoms with Crippen molar-refractivity contribution in [1.82, 2.24) is 5.32 Å². The highest BCUT2D eigenvalue weighted by molar-refractivity contribution is 8.00. The number of nitrogens with one attached hydrogen (secondary N) is 1. The zero-order chi connectivity index (χ0) is 15.8. The second-order valence-corrected chi connectivity index (χ2v) is 5.86. The van der Waals surface area contributed by atoms with Crippen molar-refractivity contribution in [1.29, 1.82) is 0 Å². The molecule has 2 N–H and O–H groups in total. The molecule has 5 nitrogen and oxygen atoms in total. The number of imide groups is 1. The first-order valence-corrected chi connectivity index (χ1v) is 7.65. The van der Waals surface area contributed by atoms with Crippen LogP contribution in [0.5, 0.6) is 0 Å². The van der Waals surface area contributed by atoms with Crippen molar-refractivity contribution in [3.63, 3.8) is 0 Å². The molecule has 6 heteroatoms. The maximum atomic E-state index is 10.4. The fraction of sp³-hybridized carbons (Fsp3) is 0.400. The van der Waals surface area contributed by atoms with Gasteiger partial charge in [-0.1, -0.05) is 32.0 Å². The van der Waals surface area contributed by atoms with Crippen LogP contribution in [0.2, 0.25) is 0 Å². The molecule has 114 valence electrons. The number of thioether (sulfide) groups is 1. The number of carbonyl (C=O) groups is 3. The lowest BCUT2D eigenvalue weighted by Gasteiger charge is -2.10. The van der Waals surface area contributed by atoms with Gasteiger partial charge in [0.25, 0.3) is 0 Å². The smallest absolute Gasteiger partial charge is 0.313 e. The van der Waals surface area contributed by atoms with Gasteiger partial charge in [0.05, 0.1) is 5.75 Å². The van der Waals surface area contributed by atoms with Crippen LogP contribution in [-0.4, -0.2) is 28.6 Å². The minimum atomic E-state index is -0.770. The average molecular weight is 309 g/mol. The van der Waals surface area contributed by atoms with Crippen molar-refractivity contribution >= 4 is 29.5 Å². The molecule has 0 saturated carbocycles. The molecule has 0 spiro atoms. The largest absolute Gasteiger partial charge is 0.481 e. The molecule has 1 heterocycles. The first kappa shape index (κ1) is 17.2. The van der Waals surface area contributed by atoms with Gasteiger partial charge in [-0.3, -0.25) is 19.7 Å². The number of aliphatic carboxylic acids is 1. The van der Waals surface area contributed by atoms with Crippen molar-refractivity contribution in [2.24, 2.45) is 0 Å². The van der Waals surface area contributed by atoms with Crippen molar-refractivity contribution in [3.05, 3.63) is 29.8 Å². The molecular weight excluding hydrogens is 290 g/mol. The third kappa shape index (κ3) is 6.44. The second-order valence-electron chi connectivity index (χ2n) is 4.85. The van der Waals surface area contributed by atoms with Crippen LogP contribution in [-0.2, 0) is 14.4 Å². The number of rotatable bonds is 4. The van der Waals surface area contributed by atoms with E-state index in [1.54, 1.807) is 0 Å². The monoisotopic (exact) mass is 309 g/mol. The molecule has 21 heavy (non-hydrogen) atoms.